The zero-order valence-electron chi connectivity index (χ0n) is 2.89. The van der Waals surface area contributed by atoms with Crippen LogP contribution in [0, 0.1) is 0 Å². The van der Waals surface area contributed by atoms with Gasteiger partial charge in [0, 0.05) is 12.7 Å². The lowest BCUT2D eigenvalue weighted by Crippen LogP contribution is -2.02. The van der Waals surface area contributed by atoms with Crippen LogP contribution in [0.15, 0.2) is 0 Å². The van der Waals surface area contributed by atoms with Crippen LogP contribution in [0.2, 0.25) is 0 Å². The topological polar surface area (TPSA) is 76.8 Å². The number of aliphatic hydroxyl groups excluding tert-OH is 1. The van der Waals surface area contributed by atoms with E-state index in [0.717, 1.165) is 0 Å². The van der Waals surface area contributed by atoms with Crippen LogP contribution >= 0.6 is 0 Å². The molecular formula is C2H7N2O. The molecule has 0 saturated carbocycles. The highest BCUT2D eigenvalue weighted by Gasteiger charge is 1.56. The average Bonchev–Trinajstić information content (AvgIpc) is 1.37. The van der Waals surface area contributed by atoms with Gasteiger partial charge in [-0.3, -0.25) is 0 Å². The van der Waals surface area contributed by atoms with Crippen molar-refractivity contribution in [2.45, 2.75) is 0 Å². The molecule has 0 heterocycles. The van der Waals surface area contributed by atoms with E-state index in [1.54, 1.807) is 0 Å². The van der Waals surface area contributed by atoms with E-state index in [2.05, 4.69) is 0 Å². The second-order valence-electron chi connectivity index (χ2n) is 0.512. The van der Waals surface area contributed by atoms with Crippen molar-refractivity contribution in [2.24, 2.45) is 5.73 Å². The lowest BCUT2D eigenvalue weighted by molar-refractivity contribution is 0.306. The summed E-state index contributed by atoms with van der Waals surface area (Å²) in [6, 6.07) is 0. The third-order valence-electron chi connectivity index (χ3n) is 0.129. The molecule has 0 spiro atoms. The van der Waals surface area contributed by atoms with Gasteiger partial charge in [0.1, 0.15) is 0 Å². The zero-order valence-corrected chi connectivity index (χ0v) is 2.89. The van der Waals surface area contributed by atoms with Crippen molar-refractivity contribution < 1.29 is 5.11 Å². The van der Waals surface area contributed by atoms with Gasteiger partial charge < -0.3 is 10.8 Å². The summed E-state index contributed by atoms with van der Waals surface area (Å²) in [5, 5.41) is 7.75. The number of nitrogens with zero attached hydrogens (tertiary/aromatic N) is 1. The molecule has 0 fully saturated rings. The predicted molar refractivity (Wildman–Crippen MR) is 18.3 cm³/mol. The van der Waals surface area contributed by atoms with Crippen LogP contribution in [0.5, 0.6) is 0 Å². The Hall–Kier alpha value is -0.120. The highest BCUT2D eigenvalue weighted by Crippen LogP contribution is 1.33. The summed E-state index contributed by atoms with van der Waals surface area (Å²) in [7, 11) is 0. The SMILES string of the molecule is NCCO.[N]. The summed E-state index contributed by atoms with van der Waals surface area (Å²) < 4.78 is 0. The first-order chi connectivity index (χ1) is 1.91. The second kappa shape index (κ2) is 9.11. The number of hydrogen-bond donors (Lipinski definition) is 2. The van der Waals surface area contributed by atoms with E-state index in [4.69, 9.17) is 10.8 Å². The fraction of sp³-hybridized carbons (Fsp3) is 1.00. The van der Waals surface area contributed by atoms with Gasteiger partial charge >= 0.3 is 0 Å². The maximum atomic E-state index is 7.75. The minimum absolute atomic E-state index is 0. The summed E-state index contributed by atoms with van der Waals surface area (Å²) in [6.07, 6.45) is 0. The lowest BCUT2D eigenvalue weighted by atomic mass is 10.8. The molecule has 3 N–H and O–H groups in total. The Balaban J connectivity index is 0. The third-order valence-corrected chi connectivity index (χ3v) is 0.129. The van der Waals surface area contributed by atoms with Gasteiger partial charge in [0.15, 0.2) is 0 Å². The van der Waals surface area contributed by atoms with Crippen LogP contribution in [-0.2, 0) is 0 Å². The molecule has 0 aliphatic heterocycles. The second-order valence-corrected chi connectivity index (χ2v) is 0.512. The van der Waals surface area contributed by atoms with Crippen molar-refractivity contribution in [3.05, 3.63) is 0 Å². The molecule has 0 aromatic carbocycles. The summed E-state index contributed by atoms with van der Waals surface area (Å²) in [4.78, 5) is 0. The average molecular weight is 75.1 g/mol. The van der Waals surface area contributed by atoms with Gasteiger partial charge in [-0.2, -0.15) is 0 Å². The van der Waals surface area contributed by atoms with Crippen LogP contribution in [-0.4, -0.2) is 18.3 Å². The molecule has 0 aliphatic carbocycles. The van der Waals surface area contributed by atoms with Gasteiger partial charge in [0.05, 0.1) is 6.61 Å². The monoisotopic (exact) mass is 75.1 g/mol. The van der Waals surface area contributed by atoms with E-state index in [1.165, 1.54) is 0 Å². The summed E-state index contributed by atoms with van der Waals surface area (Å²) in [5.74, 6) is 0. The molecule has 31 valence electrons. The van der Waals surface area contributed by atoms with Gasteiger partial charge in [-0.05, 0) is 0 Å². The van der Waals surface area contributed by atoms with Gasteiger partial charge in [0.25, 0.3) is 0 Å². The van der Waals surface area contributed by atoms with Gasteiger partial charge in [-0.1, -0.05) is 0 Å². The van der Waals surface area contributed by atoms with Gasteiger partial charge in [-0.25, -0.2) is 0 Å². The Labute approximate surface area is 31.4 Å². The predicted octanol–water partition coefficient (Wildman–Crippen LogP) is -1.54. The fourth-order valence-corrected chi connectivity index (χ4v) is 0. The lowest BCUT2D eigenvalue weighted by Gasteiger charge is -1.71. The molecule has 0 saturated heterocycles. The molecule has 0 rings (SSSR count). The molecule has 3 nitrogen and oxygen atoms in total. The number of aliphatic hydroxyl groups is 1. The zero-order chi connectivity index (χ0) is 3.41. The molecule has 0 aromatic rings. The number of nitrogens with two attached hydrogens (primary N) is 1. The molecule has 5 heavy (non-hydrogen) atoms. The third kappa shape index (κ3) is 17.7. The Kier molecular flexibility index (Phi) is 16.1. The quantitative estimate of drug-likeness (QED) is 0.396. The number of hydrogen-bond acceptors (Lipinski definition) is 2. The van der Waals surface area contributed by atoms with Crippen molar-refractivity contribution in [3.63, 3.8) is 0 Å². The number of rotatable bonds is 1. The Morgan fingerprint density at radius 1 is 1.60 bits per heavy atom. The van der Waals surface area contributed by atoms with E-state index in [9.17, 15) is 0 Å². The highest BCUT2D eigenvalue weighted by molar-refractivity contribution is 4.17. The Morgan fingerprint density at radius 3 is 1.80 bits per heavy atom. The van der Waals surface area contributed by atoms with Crippen molar-refractivity contribution in [1.82, 2.24) is 6.15 Å². The summed E-state index contributed by atoms with van der Waals surface area (Å²) >= 11 is 0. The van der Waals surface area contributed by atoms with Crippen molar-refractivity contribution in [3.8, 4) is 0 Å². The minimum atomic E-state index is 0. The Bertz CT molecular complexity index is 9.61. The van der Waals surface area contributed by atoms with Crippen molar-refractivity contribution in [2.75, 3.05) is 13.2 Å². The van der Waals surface area contributed by atoms with Crippen molar-refractivity contribution >= 4 is 0 Å². The van der Waals surface area contributed by atoms with Crippen molar-refractivity contribution in [1.29, 1.82) is 0 Å². The maximum absolute atomic E-state index is 7.75. The molecule has 0 amide bonds. The highest BCUT2D eigenvalue weighted by atomic mass is 16.3. The largest absolute Gasteiger partial charge is 0.395 e. The first kappa shape index (κ1) is 8.86. The summed E-state index contributed by atoms with van der Waals surface area (Å²) in [5.41, 5.74) is 4.78. The molecule has 0 bridgehead atoms. The Morgan fingerprint density at radius 2 is 1.80 bits per heavy atom. The molecule has 0 aliphatic rings. The molecule has 3 heteroatoms. The van der Waals surface area contributed by atoms with Gasteiger partial charge in [0.2, 0.25) is 0 Å². The standard InChI is InChI=1S/C2H7NO.N/c3-1-2-4;/h4H,1-3H2;. The van der Waals surface area contributed by atoms with E-state index >= 15 is 0 Å². The van der Waals surface area contributed by atoms with Gasteiger partial charge in [-0.15, -0.1) is 0 Å². The van der Waals surface area contributed by atoms with Crippen LogP contribution in [0.3, 0.4) is 0 Å². The van der Waals surface area contributed by atoms with E-state index in [-0.39, 0.29) is 12.8 Å². The van der Waals surface area contributed by atoms with Crippen LogP contribution < -0.4 is 11.9 Å². The normalized spacial score (nSPS) is 6.00. The fourth-order valence-electron chi connectivity index (χ4n) is 0. The molecule has 3 radical (unpaired) electrons. The van der Waals surface area contributed by atoms with E-state index in [1.807, 2.05) is 0 Å². The van der Waals surface area contributed by atoms with Crippen LogP contribution in [0.25, 0.3) is 0 Å². The smallest absolute Gasteiger partial charge is 0.0553 e. The maximum Gasteiger partial charge on any atom is 0.0553 e. The van der Waals surface area contributed by atoms with E-state index in [0.29, 0.717) is 6.54 Å². The molecule has 0 unspecified atom stereocenters. The molecule has 0 atom stereocenters. The van der Waals surface area contributed by atoms with Crippen LogP contribution in [0.1, 0.15) is 0 Å². The molecular weight excluding hydrogens is 68.0 g/mol. The van der Waals surface area contributed by atoms with E-state index < -0.39 is 0 Å². The molecule has 0 aromatic heterocycles. The van der Waals surface area contributed by atoms with Crippen LogP contribution in [0.4, 0.5) is 0 Å². The first-order valence-corrected chi connectivity index (χ1v) is 1.22. The minimum Gasteiger partial charge on any atom is -0.395 e. The summed E-state index contributed by atoms with van der Waals surface area (Å²) in [6.45, 7) is 0.472. The first-order valence-electron chi connectivity index (χ1n) is 1.22.